The Bertz CT molecular complexity index is 726. The summed E-state index contributed by atoms with van der Waals surface area (Å²) in [5, 5.41) is 0. The molecule has 0 spiro atoms. The van der Waals surface area contributed by atoms with Crippen molar-refractivity contribution < 1.29 is 4.74 Å². The summed E-state index contributed by atoms with van der Waals surface area (Å²) in [6, 6.07) is 29.3. The van der Waals surface area contributed by atoms with Gasteiger partial charge in [0, 0.05) is 4.47 Å². The van der Waals surface area contributed by atoms with Crippen LogP contribution in [0.4, 0.5) is 0 Å². The van der Waals surface area contributed by atoms with Crippen LogP contribution in [0.5, 0.6) is 0 Å². The Morgan fingerprint density at radius 3 is 1.68 bits per heavy atom. The van der Waals surface area contributed by atoms with Gasteiger partial charge in [0.25, 0.3) is 0 Å². The summed E-state index contributed by atoms with van der Waals surface area (Å²) in [5.41, 5.74) is 3.25. The SMILES string of the molecule is Brc1ccc(C2OC2(c2ccccc2)c2ccccc2)cc1. The quantitative estimate of drug-likeness (QED) is 0.571. The molecule has 3 aromatic rings. The number of rotatable bonds is 3. The normalized spacial score (nSPS) is 18.9. The molecule has 1 heterocycles. The number of hydrogen-bond donors (Lipinski definition) is 0. The highest BCUT2D eigenvalue weighted by molar-refractivity contribution is 9.10. The van der Waals surface area contributed by atoms with Crippen LogP contribution in [-0.2, 0) is 10.3 Å². The van der Waals surface area contributed by atoms with Gasteiger partial charge in [-0.05, 0) is 28.8 Å². The Morgan fingerprint density at radius 2 is 1.18 bits per heavy atom. The van der Waals surface area contributed by atoms with E-state index in [0.717, 1.165) is 4.47 Å². The summed E-state index contributed by atoms with van der Waals surface area (Å²) in [6.07, 6.45) is 0.0606. The van der Waals surface area contributed by atoms with Crippen LogP contribution in [0.1, 0.15) is 22.8 Å². The molecule has 0 bridgehead atoms. The Morgan fingerprint density at radius 1 is 0.682 bits per heavy atom. The zero-order valence-electron chi connectivity index (χ0n) is 11.9. The highest BCUT2D eigenvalue weighted by Crippen LogP contribution is 2.60. The third kappa shape index (κ3) is 2.20. The number of benzene rings is 3. The van der Waals surface area contributed by atoms with Gasteiger partial charge in [-0.2, -0.15) is 0 Å². The lowest BCUT2D eigenvalue weighted by Gasteiger charge is -2.14. The highest BCUT2D eigenvalue weighted by Gasteiger charge is 2.59. The van der Waals surface area contributed by atoms with E-state index in [2.05, 4.69) is 88.7 Å². The van der Waals surface area contributed by atoms with E-state index >= 15 is 0 Å². The largest absolute Gasteiger partial charge is 0.351 e. The van der Waals surface area contributed by atoms with Crippen molar-refractivity contribution in [3.05, 3.63) is 106 Å². The van der Waals surface area contributed by atoms with Crippen molar-refractivity contribution in [2.24, 2.45) is 0 Å². The summed E-state index contributed by atoms with van der Waals surface area (Å²) in [7, 11) is 0. The third-order valence-electron chi connectivity index (χ3n) is 4.19. The van der Waals surface area contributed by atoms with Crippen LogP contribution in [0.3, 0.4) is 0 Å². The molecule has 1 aliphatic heterocycles. The van der Waals surface area contributed by atoms with Gasteiger partial charge in [-0.3, -0.25) is 0 Å². The van der Waals surface area contributed by atoms with Crippen LogP contribution in [0.15, 0.2) is 89.4 Å². The zero-order chi connectivity index (χ0) is 15.0. The molecule has 0 saturated carbocycles. The van der Waals surface area contributed by atoms with E-state index in [4.69, 9.17) is 4.74 Å². The van der Waals surface area contributed by atoms with Crippen LogP contribution >= 0.6 is 15.9 Å². The summed E-state index contributed by atoms with van der Waals surface area (Å²) in [6.45, 7) is 0. The first-order valence-electron chi connectivity index (χ1n) is 7.35. The lowest BCUT2D eigenvalue weighted by Crippen LogP contribution is -2.12. The predicted octanol–water partition coefficient (Wildman–Crippen LogP) is 5.46. The standard InChI is InChI=1S/C20H15BrO/c21-18-13-11-15(12-14-18)19-20(22-19,16-7-3-1-4-8-16)17-9-5-2-6-10-17/h1-14,19H. The fourth-order valence-corrected chi connectivity index (χ4v) is 3.33. The molecule has 1 atom stereocenters. The van der Waals surface area contributed by atoms with Gasteiger partial charge in [-0.1, -0.05) is 88.7 Å². The van der Waals surface area contributed by atoms with Gasteiger partial charge in [0.2, 0.25) is 0 Å². The van der Waals surface area contributed by atoms with Gasteiger partial charge in [0.1, 0.15) is 11.7 Å². The Labute approximate surface area is 138 Å². The van der Waals surface area contributed by atoms with Crippen molar-refractivity contribution in [2.45, 2.75) is 11.7 Å². The van der Waals surface area contributed by atoms with Gasteiger partial charge in [0.15, 0.2) is 0 Å². The minimum atomic E-state index is -0.365. The van der Waals surface area contributed by atoms with Crippen LogP contribution in [-0.4, -0.2) is 0 Å². The molecule has 1 nitrogen and oxygen atoms in total. The highest BCUT2D eigenvalue weighted by atomic mass is 79.9. The van der Waals surface area contributed by atoms with Crippen molar-refractivity contribution in [3.63, 3.8) is 0 Å². The fraction of sp³-hybridized carbons (Fsp3) is 0.100. The average molecular weight is 351 g/mol. The van der Waals surface area contributed by atoms with Crippen molar-refractivity contribution in [1.29, 1.82) is 0 Å². The molecule has 0 radical (unpaired) electrons. The smallest absolute Gasteiger partial charge is 0.149 e. The zero-order valence-corrected chi connectivity index (χ0v) is 13.5. The van der Waals surface area contributed by atoms with Crippen molar-refractivity contribution in [2.75, 3.05) is 0 Å². The molecule has 1 unspecified atom stereocenters. The Balaban J connectivity index is 1.81. The summed E-state index contributed by atoms with van der Waals surface area (Å²) >= 11 is 3.49. The van der Waals surface area contributed by atoms with Crippen molar-refractivity contribution in [1.82, 2.24) is 0 Å². The topological polar surface area (TPSA) is 12.5 Å². The molecular weight excluding hydrogens is 336 g/mol. The number of epoxide rings is 1. The first-order valence-corrected chi connectivity index (χ1v) is 8.14. The fourth-order valence-electron chi connectivity index (χ4n) is 3.07. The second-order valence-electron chi connectivity index (χ2n) is 5.52. The molecule has 2 heteroatoms. The molecule has 3 aromatic carbocycles. The minimum absolute atomic E-state index is 0.0606. The summed E-state index contributed by atoms with van der Waals surface area (Å²) in [5.74, 6) is 0. The lowest BCUT2D eigenvalue weighted by molar-refractivity contribution is 0.329. The molecule has 1 aliphatic rings. The first-order chi connectivity index (χ1) is 10.8. The average Bonchev–Trinajstić information content (AvgIpc) is 3.34. The first kappa shape index (κ1) is 13.7. The predicted molar refractivity (Wildman–Crippen MR) is 91.6 cm³/mol. The van der Waals surface area contributed by atoms with Gasteiger partial charge >= 0.3 is 0 Å². The molecule has 22 heavy (non-hydrogen) atoms. The van der Waals surface area contributed by atoms with E-state index in [1.54, 1.807) is 0 Å². The van der Waals surface area contributed by atoms with Crippen LogP contribution in [0, 0.1) is 0 Å². The number of hydrogen-bond acceptors (Lipinski definition) is 1. The molecule has 108 valence electrons. The molecule has 1 saturated heterocycles. The summed E-state index contributed by atoms with van der Waals surface area (Å²) in [4.78, 5) is 0. The van der Waals surface area contributed by atoms with Crippen LogP contribution < -0.4 is 0 Å². The maximum atomic E-state index is 6.29. The molecular formula is C20H15BrO. The van der Waals surface area contributed by atoms with E-state index in [1.165, 1.54) is 16.7 Å². The lowest BCUT2D eigenvalue weighted by atomic mass is 9.85. The van der Waals surface area contributed by atoms with E-state index in [9.17, 15) is 0 Å². The molecule has 4 rings (SSSR count). The van der Waals surface area contributed by atoms with Crippen molar-refractivity contribution in [3.8, 4) is 0 Å². The van der Waals surface area contributed by atoms with Crippen molar-refractivity contribution >= 4 is 15.9 Å². The maximum Gasteiger partial charge on any atom is 0.149 e. The third-order valence-corrected chi connectivity index (χ3v) is 4.72. The Kier molecular flexibility index (Phi) is 3.36. The van der Waals surface area contributed by atoms with Gasteiger partial charge in [-0.15, -0.1) is 0 Å². The van der Waals surface area contributed by atoms with Gasteiger partial charge in [0.05, 0.1) is 0 Å². The van der Waals surface area contributed by atoms with E-state index < -0.39 is 0 Å². The summed E-state index contributed by atoms with van der Waals surface area (Å²) < 4.78 is 7.37. The van der Waals surface area contributed by atoms with Crippen LogP contribution in [0.25, 0.3) is 0 Å². The second-order valence-corrected chi connectivity index (χ2v) is 6.43. The number of halogens is 1. The molecule has 0 aromatic heterocycles. The Hall–Kier alpha value is -1.90. The maximum absolute atomic E-state index is 6.29. The van der Waals surface area contributed by atoms with E-state index in [-0.39, 0.29) is 11.7 Å². The van der Waals surface area contributed by atoms with Crippen LogP contribution in [0.2, 0.25) is 0 Å². The minimum Gasteiger partial charge on any atom is -0.351 e. The second kappa shape index (κ2) is 5.38. The molecule has 1 fully saturated rings. The van der Waals surface area contributed by atoms with Gasteiger partial charge < -0.3 is 4.74 Å². The molecule has 0 amide bonds. The van der Waals surface area contributed by atoms with Gasteiger partial charge in [-0.25, -0.2) is 0 Å². The van der Waals surface area contributed by atoms with E-state index in [1.807, 2.05) is 12.1 Å². The molecule has 0 N–H and O–H groups in total. The number of ether oxygens (including phenoxy) is 1. The van der Waals surface area contributed by atoms with E-state index in [0.29, 0.717) is 0 Å². The molecule has 0 aliphatic carbocycles. The monoisotopic (exact) mass is 350 g/mol.